The quantitative estimate of drug-likeness (QED) is 0.570. The van der Waals surface area contributed by atoms with Crippen molar-refractivity contribution in [2.24, 2.45) is 0 Å². The smallest absolute Gasteiger partial charge is 0.332 e. The molecule has 0 aromatic heterocycles. The normalized spacial score (nSPS) is 21.2. The molecule has 0 amide bonds. The minimum absolute atomic E-state index is 0.831. The van der Waals surface area contributed by atoms with E-state index >= 15 is 0 Å². The molecule has 0 N–H and O–H groups in total. The molecule has 0 aromatic carbocycles. The van der Waals surface area contributed by atoms with E-state index in [0.717, 1.165) is 13.8 Å². The van der Waals surface area contributed by atoms with E-state index < -0.39 is 28.7 Å². The van der Waals surface area contributed by atoms with Crippen LogP contribution in [0.1, 0.15) is 0 Å². The van der Waals surface area contributed by atoms with Crippen LogP contribution in [0.4, 0.5) is 0 Å². The molecule has 0 rings (SSSR count). The second kappa shape index (κ2) is 4.56. The fraction of sp³-hybridized carbons (Fsp3) is 1.00. The molecule has 0 aliphatic rings. The Kier molecular flexibility index (Phi) is 4.72. The SMILES string of the molecule is COP(C)(=O)OP(=O)([O-])CP(=O)([O-])[O-]. The van der Waals surface area contributed by atoms with Gasteiger partial charge in [0, 0.05) is 19.7 Å². The summed E-state index contributed by atoms with van der Waals surface area (Å²) >= 11 is 0. The van der Waals surface area contributed by atoms with Gasteiger partial charge in [-0.2, -0.15) is 0 Å². The molecule has 14 heavy (non-hydrogen) atoms. The van der Waals surface area contributed by atoms with E-state index in [-0.39, 0.29) is 0 Å². The minimum atomic E-state index is -5.26. The monoisotopic (exact) mass is 265 g/mol. The van der Waals surface area contributed by atoms with Crippen LogP contribution in [-0.2, 0) is 22.5 Å². The lowest BCUT2D eigenvalue weighted by Crippen LogP contribution is -2.20. The van der Waals surface area contributed by atoms with Crippen molar-refractivity contribution in [3.05, 3.63) is 0 Å². The highest BCUT2D eigenvalue weighted by atomic mass is 31.3. The van der Waals surface area contributed by atoms with Crippen molar-refractivity contribution in [1.29, 1.82) is 0 Å². The number of hydrogen-bond acceptors (Lipinski definition) is 8. The van der Waals surface area contributed by atoms with Crippen LogP contribution in [0.5, 0.6) is 0 Å². The molecule has 0 spiro atoms. The summed E-state index contributed by atoms with van der Waals surface area (Å²) in [6, 6.07) is 0. The largest absolute Gasteiger partial charge is 0.810 e. The molecule has 0 fully saturated rings. The summed E-state index contributed by atoms with van der Waals surface area (Å²) in [5.74, 6) is -1.72. The first-order chi connectivity index (χ1) is 5.97. The Balaban J connectivity index is 4.60. The zero-order valence-corrected chi connectivity index (χ0v) is 10.00. The molecule has 0 aliphatic carbocycles. The topological polar surface area (TPSA) is 139 Å². The highest BCUT2D eigenvalue weighted by molar-refractivity contribution is 7.73. The second-order valence-electron chi connectivity index (χ2n) is 2.40. The highest BCUT2D eigenvalue weighted by Crippen LogP contribution is 2.60. The van der Waals surface area contributed by atoms with E-state index in [9.17, 15) is 28.4 Å². The maximum absolute atomic E-state index is 11.0. The van der Waals surface area contributed by atoms with E-state index in [0.29, 0.717) is 0 Å². The number of hydrogen-bond donors (Lipinski definition) is 0. The molecule has 86 valence electrons. The Morgan fingerprint density at radius 2 is 1.57 bits per heavy atom. The predicted octanol–water partition coefficient (Wildman–Crippen LogP) is -1.10. The molecule has 0 bridgehead atoms. The van der Waals surface area contributed by atoms with Crippen molar-refractivity contribution in [2.75, 3.05) is 19.7 Å². The van der Waals surface area contributed by atoms with Crippen molar-refractivity contribution in [1.82, 2.24) is 0 Å². The van der Waals surface area contributed by atoms with Gasteiger partial charge in [0.25, 0.3) is 0 Å². The zero-order valence-electron chi connectivity index (χ0n) is 7.31. The fourth-order valence-electron chi connectivity index (χ4n) is 0.497. The molecule has 0 heterocycles. The van der Waals surface area contributed by atoms with Crippen LogP contribution in [-0.4, -0.2) is 19.7 Å². The molecule has 2 unspecified atom stereocenters. The van der Waals surface area contributed by atoms with Crippen LogP contribution in [0.15, 0.2) is 0 Å². The van der Waals surface area contributed by atoms with Crippen molar-refractivity contribution >= 4 is 22.8 Å². The lowest BCUT2D eigenvalue weighted by Gasteiger charge is -2.36. The van der Waals surface area contributed by atoms with E-state index in [1.807, 2.05) is 0 Å². The van der Waals surface area contributed by atoms with Crippen LogP contribution in [0.2, 0.25) is 0 Å². The van der Waals surface area contributed by atoms with Crippen molar-refractivity contribution in [3.63, 3.8) is 0 Å². The molecule has 0 saturated heterocycles. The molecular weight excluding hydrogens is 257 g/mol. The maximum Gasteiger partial charge on any atom is 0.332 e. The molecular formula is C3H8O8P3-3. The van der Waals surface area contributed by atoms with Crippen LogP contribution in [0.3, 0.4) is 0 Å². The van der Waals surface area contributed by atoms with Crippen LogP contribution in [0.25, 0.3) is 0 Å². The fourth-order valence-corrected chi connectivity index (χ4v) is 4.94. The van der Waals surface area contributed by atoms with Gasteiger partial charge < -0.3 is 28.3 Å². The molecule has 0 saturated carbocycles. The first-order valence-electron chi connectivity index (χ1n) is 3.13. The van der Waals surface area contributed by atoms with Gasteiger partial charge in [-0.3, -0.25) is 8.88 Å². The first kappa shape index (κ1) is 14.5. The first-order valence-corrected chi connectivity index (χ1v) is 8.58. The minimum Gasteiger partial charge on any atom is -0.810 e. The van der Waals surface area contributed by atoms with E-state index in [1.54, 1.807) is 0 Å². The molecule has 11 heteroatoms. The number of rotatable bonds is 5. The summed E-state index contributed by atoms with van der Waals surface area (Å²) in [6.07, 6.45) is 0. The summed E-state index contributed by atoms with van der Waals surface area (Å²) < 4.78 is 40.0. The van der Waals surface area contributed by atoms with Gasteiger partial charge >= 0.3 is 7.60 Å². The van der Waals surface area contributed by atoms with Crippen molar-refractivity contribution < 1.29 is 37.2 Å². The average Bonchev–Trinajstić information content (AvgIpc) is 1.78. The standard InChI is InChI=1S/C3H11O8P3/c1-10-12(2,4)11-14(8,9)3-13(5,6)7/h3H2,1-2H3,(H,8,9)(H2,5,6,7)/p-3. The van der Waals surface area contributed by atoms with Crippen molar-refractivity contribution in [2.45, 2.75) is 0 Å². The summed E-state index contributed by atoms with van der Waals surface area (Å²) in [7, 11) is -13.2. The predicted molar refractivity (Wildman–Crippen MR) is 41.7 cm³/mol. The van der Waals surface area contributed by atoms with E-state index in [1.165, 1.54) is 0 Å². The summed E-state index contributed by atoms with van der Waals surface area (Å²) in [4.78, 5) is 31.0. The van der Waals surface area contributed by atoms with Gasteiger partial charge in [-0.05, 0) is 0 Å². The van der Waals surface area contributed by atoms with Gasteiger partial charge in [0.05, 0.1) is 0 Å². The lowest BCUT2D eigenvalue weighted by atomic mass is 11.8. The third-order valence-corrected chi connectivity index (χ3v) is 6.57. The third-order valence-electron chi connectivity index (χ3n) is 0.951. The van der Waals surface area contributed by atoms with Gasteiger partial charge in [-0.15, -0.1) is 0 Å². The Hall–Kier alpha value is 0.490. The van der Waals surface area contributed by atoms with Gasteiger partial charge in [-0.1, -0.05) is 7.60 Å². The van der Waals surface area contributed by atoms with E-state index in [2.05, 4.69) is 8.83 Å². The molecule has 8 nitrogen and oxygen atoms in total. The Labute approximate surface area is 80.5 Å². The Morgan fingerprint density at radius 3 is 1.86 bits per heavy atom. The molecule has 0 aromatic rings. The molecule has 0 aliphatic heterocycles. The Morgan fingerprint density at radius 1 is 1.14 bits per heavy atom. The molecule has 0 radical (unpaired) electrons. The van der Waals surface area contributed by atoms with Gasteiger partial charge in [0.2, 0.25) is 0 Å². The summed E-state index contributed by atoms with van der Waals surface area (Å²) in [5, 5.41) is 0. The zero-order chi connectivity index (χ0) is 11.6. The van der Waals surface area contributed by atoms with Gasteiger partial charge in [0.1, 0.15) is 7.60 Å². The highest BCUT2D eigenvalue weighted by Gasteiger charge is 2.23. The van der Waals surface area contributed by atoms with Crippen LogP contribution < -0.4 is 14.7 Å². The average molecular weight is 265 g/mol. The van der Waals surface area contributed by atoms with Crippen molar-refractivity contribution in [3.8, 4) is 0 Å². The van der Waals surface area contributed by atoms with Gasteiger partial charge in [-0.25, -0.2) is 0 Å². The lowest BCUT2D eigenvalue weighted by molar-refractivity contribution is -0.312. The Bertz CT molecular complexity index is 329. The van der Waals surface area contributed by atoms with Crippen LogP contribution in [0, 0.1) is 0 Å². The van der Waals surface area contributed by atoms with Crippen LogP contribution >= 0.6 is 22.8 Å². The van der Waals surface area contributed by atoms with Gasteiger partial charge in [0.15, 0.2) is 0 Å². The summed E-state index contributed by atoms with van der Waals surface area (Å²) in [5.41, 5.74) is 0. The van der Waals surface area contributed by atoms with E-state index in [4.69, 9.17) is 0 Å². The third kappa shape index (κ3) is 6.87. The molecule has 2 atom stereocenters. The maximum atomic E-state index is 11.0. The summed E-state index contributed by atoms with van der Waals surface area (Å²) in [6.45, 7) is 0.831. The second-order valence-corrected chi connectivity index (χ2v) is 8.53.